The van der Waals surface area contributed by atoms with Gasteiger partial charge in [-0.1, -0.05) is 53.6 Å². The van der Waals surface area contributed by atoms with Gasteiger partial charge in [-0.15, -0.1) is 0 Å². The summed E-state index contributed by atoms with van der Waals surface area (Å²) in [6.45, 7) is 7.02. The molecule has 0 aliphatic carbocycles. The molecule has 21 heavy (non-hydrogen) atoms. The van der Waals surface area contributed by atoms with Gasteiger partial charge in [0.1, 0.15) is 0 Å². The molecule has 1 aromatic carbocycles. The Morgan fingerprint density at radius 1 is 1.10 bits per heavy atom. The van der Waals surface area contributed by atoms with Crippen molar-refractivity contribution >= 4 is 0 Å². The highest BCUT2D eigenvalue weighted by atomic mass is 16.7. The molecule has 1 unspecified atom stereocenters. The number of hydrogen-bond acceptors (Lipinski definition) is 2. The van der Waals surface area contributed by atoms with Crippen LogP contribution in [-0.4, -0.2) is 20.0 Å². The van der Waals surface area contributed by atoms with Crippen LogP contribution in [0.25, 0.3) is 0 Å². The monoisotopic (exact) mass is 288 g/mol. The van der Waals surface area contributed by atoms with Crippen LogP contribution in [0.1, 0.15) is 39.2 Å². The van der Waals surface area contributed by atoms with Crippen LogP contribution >= 0.6 is 0 Å². The van der Waals surface area contributed by atoms with E-state index in [-0.39, 0.29) is 6.29 Å². The first-order chi connectivity index (χ1) is 10.1. The van der Waals surface area contributed by atoms with Crippen molar-refractivity contribution in [2.75, 3.05) is 13.7 Å². The molecule has 0 aromatic heterocycles. The summed E-state index contributed by atoms with van der Waals surface area (Å²) in [6.07, 6.45) is 7.20. The first kappa shape index (κ1) is 17.7. The average molecular weight is 288 g/mol. The maximum absolute atomic E-state index is 5.78. The van der Waals surface area contributed by atoms with E-state index in [1.165, 1.54) is 16.7 Å². The Morgan fingerprint density at radius 2 is 1.81 bits per heavy atom. The summed E-state index contributed by atoms with van der Waals surface area (Å²) in [5.41, 5.74) is 3.97. The zero-order valence-corrected chi connectivity index (χ0v) is 13.8. The third-order valence-electron chi connectivity index (χ3n) is 3.31. The van der Waals surface area contributed by atoms with E-state index >= 15 is 0 Å². The van der Waals surface area contributed by atoms with E-state index in [9.17, 15) is 0 Å². The van der Waals surface area contributed by atoms with Crippen LogP contribution in [-0.2, 0) is 15.9 Å². The first-order valence-electron chi connectivity index (χ1n) is 7.59. The summed E-state index contributed by atoms with van der Waals surface area (Å²) >= 11 is 0. The summed E-state index contributed by atoms with van der Waals surface area (Å²) in [5, 5.41) is 0. The van der Waals surface area contributed by atoms with Crippen LogP contribution in [0.4, 0.5) is 0 Å². The molecule has 0 aliphatic heterocycles. The van der Waals surface area contributed by atoms with Gasteiger partial charge in [-0.25, -0.2) is 0 Å². The fourth-order valence-corrected chi connectivity index (χ4v) is 2.01. The zero-order chi connectivity index (χ0) is 15.5. The highest BCUT2D eigenvalue weighted by molar-refractivity contribution is 5.15. The zero-order valence-electron chi connectivity index (χ0n) is 13.8. The van der Waals surface area contributed by atoms with Crippen molar-refractivity contribution in [3.63, 3.8) is 0 Å². The molecular weight excluding hydrogens is 260 g/mol. The molecule has 2 nitrogen and oxygen atoms in total. The molecule has 1 atom stereocenters. The topological polar surface area (TPSA) is 18.5 Å². The van der Waals surface area contributed by atoms with Crippen molar-refractivity contribution < 1.29 is 9.47 Å². The summed E-state index contributed by atoms with van der Waals surface area (Å²) in [7, 11) is 1.69. The lowest BCUT2D eigenvalue weighted by Gasteiger charge is -2.15. The highest BCUT2D eigenvalue weighted by Crippen LogP contribution is 2.09. The molecule has 2 heteroatoms. The Morgan fingerprint density at radius 3 is 2.43 bits per heavy atom. The number of allylic oxidation sites excluding steroid dienone is 3. The Bertz CT molecular complexity index is 442. The van der Waals surface area contributed by atoms with Gasteiger partial charge in [-0.05, 0) is 39.2 Å². The Labute approximate surface area is 129 Å². The third-order valence-corrected chi connectivity index (χ3v) is 3.31. The molecule has 1 rings (SSSR count). The van der Waals surface area contributed by atoms with Crippen LogP contribution < -0.4 is 0 Å². The molecule has 0 spiro atoms. The maximum Gasteiger partial charge on any atom is 0.161 e. The van der Waals surface area contributed by atoms with Crippen molar-refractivity contribution in [1.29, 1.82) is 0 Å². The highest BCUT2D eigenvalue weighted by Gasteiger charge is 2.07. The molecule has 116 valence electrons. The van der Waals surface area contributed by atoms with Crippen molar-refractivity contribution in [2.45, 2.75) is 46.3 Å². The minimum Gasteiger partial charge on any atom is -0.356 e. The van der Waals surface area contributed by atoms with Crippen molar-refractivity contribution in [3.8, 4) is 0 Å². The van der Waals surface area contributed by atoms with E-state index in [4.69, 9.17) is 9.47 Å². The Kier molecular flexibility index (Phi) is 8.72. The molecule has 0 N–H and O–H groups in total. The fourth-order valence-electron chi connectivity index (χ4n) is 2.01. The van der Waals surface area contributed by atoms with Crippen molar-refractivity contribution in [3.05, 3.63) is 59.2 Å². The third kappa shape index (κ3) is 8.49. The lowest BCUT2D eigenvalue weighted by molar-refractivity contribution is -0.113. The second-order valence-electron chi connectivity index (χ2n) is 5.56. The first-order valence-corrected chi connectivity index (χ1v) is 7.59. The molecule has 0 saturated carbocycles. The van der Waals surface area contributed by atoms with Gasteiger partial charge in [-0.2, -0.15) is 0 Å². The van der Waals surface area contributed by atoms with Gasteiger partial charge in [0, 0.05) is 13.5 Å². The lowest BCUT2D eigenvalue weighted by atomic mass is 10.1. The van der Waals surface area contributed by atoms with Gasteiger partial charge in [0.2, 0.25) is 0 Å². The fraction of sp³-hybridized carbons (Fsp3) is 0.474. The average Bonchev–Trinajstić information content (AvgIpc) is 2.47. The standard InChI is InChI=1S/C19H28O2/c1-16(2)9-8-10-17(3)13-14-21-19(20-4)15-18-11-6-5-7-12-18/h5-7,9,11-13,19H,8,10,14-15H2,1-4H3/b17-13-. The predicted octanol–water partition coefficient (Wildman–Crippen LogP) is 4.91. The molecule has 0 amide bonds. The second-order valence-corrected chi connectivity index (χ2v) is 5.56. The maximum atomic E-state index is 5.78. The normalized spacial score (nSPS) is 13.0. The van der Waals surface area contributed by atoms with Gasteiger partial charge in [0.05, 0.1) is 6.61 Å². The molecule has 1 aromatic rings. The summed E-state index contributed by atoms with van der Waals surface area (Å²) in [4.78, 5) is 0. The van der Waals surface area contributed by atoms with Crippen LogP contribution in [0.15, 0.2) is 53.6 Å². The van der Waals surface area contributed by atoms with E-state index in [1.807, 2.05) is 18.2 Å². The number of rotatable bonds is 9. The predicted molar refractivity (Wildman–Crippen MR) is 89.3 cm³/mol. The Balaban J connectivity index is 2.32. The van der Waals surface area contributed by atoms with Crippen LogP contribution in [0.5, 0.6) is 0 Å². The van der Waals surface area contributed by atoms with Gasteiger partial charge >= 0.3 is 0 Å². The van der Waals surface area contributed by atoms with Crippen LogP contribution in [0.2, 0.25) is 0 Å². The van der Waals surface area contributed by atoms with E-state index in [0.29, 0.717) is 6.61 Å². The largest absolute Gasteiger partial charge is 0.356 e. The van der Waals surface area contributed by atoms with Crippen molar-refractivity contribution in [1.82, 2.24) is 0 Å². The van der Waals surface area contributed by atoms with Crippen LogP contribution in [0, 0.1) is 0 Å². The van der Waals surface area contributed by atoms with E-state index in [2.05, 4.69) is 45.1 Å². The number of methoxy groups -OCH3 is 1. The minimum absolute atomic E-state index is 0.186. The molecule has 0 heterocycles. The molecule has 0 aliphatic rings. The van der Waals surface area contributed by atoms with Crippen molar-refractivity contribution in [2.24, 2.45) is 0 Å². The molecule has 0 radical (unpaired) electrons. The second kappa shape index (κ2) is 10.4. The number of hydrogen-bond donors (Lipinski definition) is 0. The lowest BCUT2D eigenvalue weighted by Crippen LogP contribution is -2.18. The van der Waals surface area contributed by atoms with Crippen LogP contribution in [0.3, 0.4) is 0 Å². The quantitative estimate of drug-likeness (QED) is 0.475. The summed E-state index contributed by atoms with van der Waals surface area (Å²) in [6, 6.07) is 10.3. The minimum atomic E-state index is -0.186. The van der Waals surface area contributed by atoms with Gasteiger partial charge in [0.15, 0.2) is 6.29 Å². The number of benzene rings is 1. The summed E-state index contributed by atoms with van der Waals surface area (Å²) < 4.78 is 11.2. The van der Waals surface area contributed by atoms with Gasteiger partial charge in [0.25, 0.3) is 0 Å². The smallest absolute Gasteiger partial charge is 0.161 e. The van der Waals surface area contributed by atoms with Gasteiger partial charge < -0.3 is 9.47 Å². The Hall–Kier alpha value is -1.38. The van der Waals surface area contributed by atoms with E-state index in [0.717, 1.165) is 19.3 Å². The van der Waals surface area contributed by atoms with E-state index < -0.39 is 0 Å². The molecule has 0 fully saturated rings. The van der Waals surface area contributed by atoms with E-state index in [1.54, 1.807) is 7.11 Å². The summed E-state index contributed by atoms with van der Waals surface area (Å²) in [5.74, 6) is 0. The molecule has 0 bridgehead atoms. The number of ether oxygens (including phenoxy) is 2. The van der Waals surface area contributed by atoms with Gasteiger partial charge in [-0.3, -0.25) is 0 Å². The SMILES string of the molecule is COC(Cc1ccccc1)OC/C=C(/C)CCC=C(C)C. The molecule has 0 saturated heterocycles. The molecular formula is C19H28O2.